The van der Waals surface area contributed by atoms with Gasteiger partial charge in [-0.15, -0.1) is 0 Å². The van der Waals surface area contributed by atoms with E-state index < -0.39 is 0 Å². The molecule has 0 atom stereocenters. The Labute approximate surface area is 151 Å². The maximum absolute atomic E-state index is 12.8. The topological polar surface area (TPSA) is 32.3 Å². The summed E-state index contributed by atoms with van der Waals surface area (Å²) in [6.07, 6.45) is 2.46. The van der Waals surface area contributed by atoms with Gasteiger partial charge < -0.3 is 10.2 Å². The Kier molecular flexibility index (Phi) is 4.89. The number of benzene rings is 2. The molecule has 1 N–H and O–H groups in total. The van der Waals surface area contributed by atoms with Crippen LogP contribution in [0.25, 0.3) is 0 Å². The van der Waals surface area contributed by atoms with E-state index >= 15 is 0 Å². The average molecular weight is 332 g/mol. The van der Waals surface area contributed by atoms with Gasteiger partial charge in [0.25, 0.3) is 5.91 Å². The van der Waals surface area contributed by atoms with Crippen LogP contribution in [-0.4, -0.2) is 26.8 Å². The van der Waals surface area contributed by atoms with Crippen LogP contribution in [-0.2, 0) is 0 Å². The Morgan fingerprint density at radius 1 is 1.04 bits per heavy atom. The summed E-state index contributed by atoms with van der Waals surface area (Å²) in [5, 5.41) is 3.11. The molecule has 1 amide bonds. The van der Waals surface area contributed by atoms with Crippen molar-refractivity contribution in [3.63, 3.8) is 0 Å². The van der Waals surface area contributed by atoms with Gasteiger partial charge in [0.05, 0.1) is 0 Å². The number of nitrogens with zero attached hydrogens (tertiary/aromatic N) is 1. The number of carbonyl (C=O) groups is 1. The molecule has 0 aromatic heterocycles. The molecule has 1 heterocycles. The van der Waals surface area contributed by atoms with Crippen LogP contribution in [0, 0.1) is 27.7 Å². The van der Waals surface area contributed by atoms with Gasteiger partial charge >= 0.3 is 0 Å². The van der Waals surface area contributed by atoms with Crippen molar-refractivity contribution in [1.29, 1.82) is 0 Å². The summed E-state index contributed by atoms with van der Waals surface area (Å²) >= 11 is 0. The number of nitrogens with one attached hydrogen (secondary N) is 1. The Morgan fingerprint density at radius 3 is 2.40 bits per heavy atom. The zero-order valence-corrected chi connectivity index (χ0v) is 15.6. The fraction of sp³-hybridized carbons (Fsp3) is 0.381. The minimum atomic E-state index is -0.149. The predicted molar refractivity (Wildman–Crippen MR) is 107 cm³/mol. The van der Waals surface area contributed by atoms with Gasteiger partial charge in [0, 0.05) is 30.0 Å². The molecule has 1 aliphatic rings. The highest BCUT2D eigenvalue weighted by atomic mass is 16.1. The first-order valence-electron chi connectivity index (χ1n) is 8.92. The first-order chi connectivity index (χ1) is 11.9. The molecule has 1 aliphatic heterocycles. The molecule has 2 aromatic rings. The van der Waals surface area contributed by atoms with E-state index in [1.165, 1.54) is 24.1 Å². The number of rotatable bonds is 3. The summed E-state index contributed by atoms with van der Waals surface area (Å²) in [6, 6.07) is 7.72. The van der Waals surface area contributed by atoms with Crippen molar-refractivity contribution in [3.8, 4) is 0 Å². The van der Waals surface area contributed by atoms with Crippen LogP contribution in [0.3, 0.4) is 0 Å². The molecule has 2 radical (unpaired) electrons. The molecule has 4 heteroatoms. The molecule has 0 spiro atoms. The molecule has 0 bridgehead atoms. The van der Waals surface area contributed by atoms with Gasteiger partial charge in [-0.3, -0.25) is 4.79 Å². The Hall–Kier alpha value is -2.23. The Morgan fingerprint density at radius 2 is 1.72 bits per heavy atom. The van der Waals surface area contributed by atoms with Crippen LogP contribution in [0.4, 0.5) is 11.4 Å². The zero-order chi connectivity index (χ0) is 18.1. The van der Waals surface area contributed by atoms with Gasteiger partial charge in [0.2, 0.25) is 0 Å². The van der Waals surface area contributed by atoms with E-state index in [1.807, 2.05) is 26.0 Å². The van der Waals surface area contributed by atoms with Crippen LogP contribution in [0.1, 0.15) is 45.5 Å². The maximum Gasteiger partial charge on any atom is 0.255 e. The van der Waals surface area contributed by atoms with Gasteiger partial charge in [-0.25, -0.2) is 0 Å². The molecule has 2 aromatic carbocycles. The lowest BCUT2D eigenvalue weighted by atomic mass is 9.86. The smallest absolute Gasteiger partial charge is 0.255 e. The first-order valence-corrected chi connectivity index (χ1v) is 8.92. The molecular formula is C21H25BN2O. The number of hydrogen-bond acceptors (Lipinski definition) is 2. The van der Waals surface area contributed by atoms with Crippen molar-refractivity contribution in [1.82, 2.24) is 0 Å². The van der Waals surface area contributed by atoms with Gasteiger partial charge in [-0.05, 0) is 57.2 Å². The molecule has 3 nitrogen and oxygen atoms in total. The van der Waals surface area contributed by atoms with Gasteiger partial charge in [-0.2, -0.15) is 0 Å². The largest absolute Gasteiger partial charge is 0.371 e. The monoisotopic (exact) mass is 332 g/mol. The lowest BCUT2D eigenvalue weighted by molar-refractivity contribution is 0.102. The second-order valence-corrected chi connectivity index (χ2v) is 7.04. The van der Waals surface area contributed by atoms with Crippen LogP contribution in [0.15, 0.2) is 24.3 Å². The van der Waals surface area contributed by atoms with E-state index in [2.05, 4.69) is 30.1 Å². The molecular weight excluding hydrogens is 307 g/mol. The molecule has 3 rings (SSSR count). The second-order valence-electron chi connectivity index (χ2n) is 7.04. The minimum Gasteiger partial charge on any atom is -0.371 e. The number of anilines is 2. The van der Waals surface area contributed by atoms with E-state index in [-0.39, 0.29) is 5.91 Å². The standard InChI is InChI=1S/C21H25BN2O/c1-13-8-7-9-17(18(13)22)21(25)23-19-14(2)12-15(3)20(16(19)4)24-10-5-6-11-24/h7-9,12H,5-6,10-11H2,1-4H3,(H,23,25). The van der Waals surface area contributed by atoms with Crippen LogP contribution in [0.5, 0.6) is 0 Å². The van der Waals surface area contributed by atoms with E-state index in [9.17, 15) is 4.79 Å². The molecule has 1 saturated heterocycles. The van der Waals surface area contributed by atoms with Crippen molar-refractivity contribution in [2.75, 3.05) is 23.3 Å². The second kappa shape index (κ2) is 6.95. The van der Waals surface area contributed by atoms with Crippen LogP contribution >= 0.6 is 0 Å². The van der Waals surface area contributed by atoms with Crippen molar-refractivity contribution in [3.05, 3.63) is 52.1 Å². The molecule has 25 heavy (non-hydrogen) atoms. The lowest BCUT2D eigenvalue weighted by Crippen LogP contribution is -2.25. The third-order valence-electron chi connectivity index (χ3n) is 5.16. The van der Waals surface area contributed by atoms with Gasteiger partial charge in [0.15, 0.2) is 0 Å². The normalized spacial score (nSPS) is 14.0. The van der Waals surface area contributed by atoms with Crippen LogP contribution < -0.4 is 15.7 Å². The average Bonchev–Trinajstić information content (AvgIpc) is 3.07. The quantitative estimate of drug-likeness (QED) is 0.872. The highest BCUT2D eigenvalue weighted by Gasteiger charge is 2.21. The number of hydrogen-bond donors (Lipinski definition) is 1. The Bertz CT molecular complexity index is 823. The van der Waals surface area contributed by atoms with Crippen molar-refractivity contribution in [2.24, 2.45) is 0 Å². The predicted octanol–water partition coefficient (Wildman–Crippen LogP) is 3.57. The summed E-state index contributed by atoms with van der Waals surface area (Å²) in [5.74, 6) is -0.149. The molecule has 1 fully saturated rings. The summed E-state index contributed by atoms with van der Waals surface area (Å²) in [4.78, 5) is 15.2. The number of carbonyl (C=O) groups excluding carboxylic acids is 1. The highest BCUT2D eigenvalue weighted by molar-refractivity contribution is 6.38. The zero-order valence-electron chi connectivity index (χ0n) is 15.6. The van der Waals surface area contributed by atoms with Crippen molar-refractivity contribution < 1.29 is 4.79 Å². The molecule has 0 unspecified atom stereocenters. The lowest BCUT2D eigenvalue weighted by Gasteiger charge is -2.26. The third-order valence-corrected chi connectivity index (χ3v) is 5.16. The Balaban J connectivity index is 1.98. The first kappa shape index (κ1) is 17.6. The third kappa shape index (κ3) is 3.30. The van der Waals surface area contributed by atoms with Gasteiger partial charge in [0.1, 0.15) is 7.85 Å². The van der Waals surface area contributed by atoms with Crippen molar-refractivity contribution >= 4 is 30.6 Å². The maximum atomic E-state index is 12.8. The van der Waals surface area contributed by atoms with E-state index in [0.29, 0.717) is 11.0 Å². The van der Waals surface area contributed by atoms with E-state index in [1.54, 1.807) is 6.07 Å². The molecule has 0 aliphatic carbocycles. The summed E-state index contributed by atoms with van der Waals surface area (Å²) in [6.45, 7) is 10.4. The number of amides is 1. The summed E-state index contributed by atoms with van der Waals surface area (Å²) in [7, 11) is 6.10. The highest BCUT2D eigenvalue weighted by Crippen LogP contribution is 2.35. The fourth-order valence-electron chi connectivity index (χ4n) is 3.85. The SMILES string of the molecule is [B]c1c(C)cccc1C(=O)Nc1c(C)cc(C)c(N2CCCC2)c1C. The summed E-state index contributed by atoms with van der Waals surface area (Å²) < 4.78 is 0. The van der Waals surface area contributed by atoms with Gasteiger partial charge in [-0.1, -0.05) is 35.3 Å². The minimum absolute atomic E-state index is 0.149. The molecule has 128 valence electrons. The van der Waals surface area contributed by atoms with E-state index in [0.717, 1.165) is 35.5 Å². The number of aryl methyl sites for hydroxylation is 3. The fourth-order valence-corrected chi connectivity index (χ4v) is 3.85. The molecule has 0 saturated carbocycles. The summed E-state index contributed by atoms with van der Waals surface area (Å²) in [5.41, 5.74) is 7.64. The van der Waals surface area contributed by atoms with Crippen LogP contribution in [0.2, 0.25) is 0 Å². The van der Waals surface area contributed by atoms with Crippen molar-refractivity contribution in [2.45, 2.75) is 40.5 Å². The van der Waals surface area contributed by atoms with E-state index in [4.69, 9.17) is 7.85 Å².